The molecule has 1 fully saturated rings. The SMILES string of the molecule is O=C(NCC1CCN(C(=O)COc2ccccc2)CC1)c1ccccc1I. The van der Waals surface area contributed by atoms with Crippen molar-refractivity contribution in [1.82, 2.24) is 10.2 Å². The number of halogens is 1. The van der Waals surface area contributed by atoms with Crippen molar-refractivity contribution >= 4 is 34.4 Å². The van der Waals surface area contributed by atoms with Gasteiger partial charge in [0.2, 0.25) is 0 Å². The highest BCUT2D eigenvalue weighted by Gasteiger charge is 2.23. The van der Waals surface area contributed by atoms with E-state index in [1.807, 2.05) is 59.5 Å². The normalized spacial score (nSPS) is 14.6. The van der Waals surface area contributed by atoms with E-state index in [9.17, 15) is 9.59 Å². The Balaban J connectivity index is 1.39. The first-order valence-electron chi connectivity index (χ1n) is 9.12. The van der Waals surface area contributed by atoms with E-state index in [1.165, 1.54) is 0 Å². The highest BCUT2D eigenvalue weighted by molar-refractivity contribution is 14.1. The molecule has 1 saturated heterocycles. The summed E-state index contributed by atoms with van der Waals surface area (Å²) < 4.78 is 6.49. The third-order valence-corrected chi connectivity index (χ3v) is 5.68. The smallest absolute Gasteiger partial charge is 0.260 e. The third kappa shape index (κ3) is 5.69. The van der Waals surface area contributed by atoms with E-state index in [-0.39, 0.29) is 18.4 Å². The quantitative estimate of drug-likeness (QED) is 0.649. The summed E-state index contributed by atoms with van der Waals surface area (Å²) in [6, 6.07) is 16.9. The summed E-state index contributed by atoms with van der Waals surface area (Å²) in [4.78, 5) is 26.4. The van der Waals surface area contributed by atoms with Crippen LogP contribution in [0.1, 0.15) is 23.2 Å². The second-order valence-electron chi connectivity index (χ2n) is 6.62. The van der Waals surface area contributed by atoms with Crippen LogP contribution in [-0.4, -0.2) is 43.0 Å². The number of likely N-dealkylation sites (tertiary alicyclic amines) is 1. The van der Waals surface area contributed by atoms with Gasteiger partial charge in [0.05, 0.1) is 5.56 Å². The number of nitrogens with one attached hydrogen (secondary N) is 1. The molecule has 0 radical (unpaired) electrons. The summed E-state index contributed by atoms with van der Waals surface area (Å²) in [5, 5.41) is 3.03. The summed E-state index contributed by atoms with van der Waals surface area (Å²) >= 11 is 2.17. The number of ether oxygens (including phenoxy) is 1. The minimum absolute atomic E-state index is 0.0141. The Morgan fingerprint density at radius 3 is 2.41 bits per heavy atom. The molecule has 0 aliphatic carbocycles. The number of hydrogen-bond acceptors (Lipinski definition) is 3. The van der Waals surface area contributed by atoms with Crippen LogP contribution in [0.3, 0.4) is 0 Å². The first kappa shape index (κ1) is 19.7. The van der Waals surface area contributed by atoms with Gasteiger partial charge in [0.25, 0.3) is 11.8 Å². The van der Waals surface area contributed by atoms with Gasteiger partial charge in [0.15, 0.2) is 6.61 Å². The Bertz CT molecular complexity index is 774. The van der Waals surface area contributed by atoms with Crippen molar-refractivity contribution in [3.63, 3.8) is 0 Å². The third-order valence-electron chi connectivity index (χ3n) is 4.74. The van der Waals surface area contributed by atoms with Crippen LogP contribution in [0.15, 0.2) is 54.6 Å². The zero-order valence-corrected chi connectivity index (χ0v) is 17.2. The molecule has 0 bridgehead atoms. The number of nitrogens with zero attached hydrogens (tertiary/aromatic N) is 1. The first-order valence-corrected chi connectivity index (χ1v) is 10.2. The molecular weight excluding hydrogens is 455 g/mol. The van der Waals surface area contributed by atoms with Crippen molar-refractivity contribution in [2.45, 2.75) is 12.8 Å². The zero-order valence-electron chi connectivity index (χ0n) is 15.1. The zero-order chi connectivity index (χ0) is 19.1. The lowest BCUT2D eigenvalue weighted by Crippen LogP contribution is -2.43. The fourth-order valence-electron chi connectivity index (χ4n) is 3.12. The molecule has 0 saturated carbocycles. The van der Waals surface area contributed by atoms with Gasteiger partial charge in [0, 0.05) is 23.2 Å². The summed E-state index contributed by atoms with van der Waals surface area (Å²) in [5.74, 6) is 1.09. The lowest BCUT2D eigenvalue weighted by Gasteiger charge is -2.32. The number of hydrogen-bond donors (Lipinski definition) is 1. The maximum absolute atomic E-state index is 12.3. The van der Waals surface area contributed by atoms with Gasteiger partial charge in [-0.05, 0) is 65.6 Å². The highest BCUT2D eigenvalue weighted by Crippen LogP contribution is 2.18. The Labute approximate surface area is 173 Å². The Hall–Kier alpha value is -2.09. The topological polar surface area (TPSA) is 58.6 Å². The number of piperidine rings is 1. The predicted molar refractivity (Wildman–Crippen MR) is 113 cm³/mol. The molecule has 2 aromatic rings. The fraction of sp³-hybridized carbons (Fsp3) is 0.333. The number of rotatable bonds is 6. The van der Waals surface area contributed by atoms with Crippen LogP contribution >= 0.6 is 22.6 Å². The van der Waals surface area contributed by atoms with Crippen molar-refractivity contribution in [1.29, 1.82) is 0 Å². The van der Waals surface area contributed by atoms with Gasteiger partial charge in [-0.1, -0.05) is 30.3 Å². The van der Waals surface area contributed by atoms with Crippen LogP contribution in [0.25, 0.3) is 0 Å². The Morgan fingerprint density at radius 1 is 1.04 bits per heavy atom. The molecule has 1 N–H and O–H groups in total. The minimum atomic E-state index is -0.0326. The van der Waals surface area contributed by atoms with Gasteiger partial charge in [-0.25, -0.2) is 0 Å². The van der Waals surface area contributed by atoms with Crippen LogP contribution in [0.5, 0.6) is 5.75 Å². The summed E-state index contributed by atoms with van der Waals surface area (Å²) in [6.45, 7) is 2.13. The number of carbonyl (C=O) groups excluding carboxylic acids is 2. The summed E-state index contributed by atoms with van der Waals surface area (Å²) in [5.41, 5.74) is 0.712. The molecule has 1 heterocycles. The van der Waals surface area contributed by atoms with Gasteiger partial charge in [-0.15, -0.1) is 0 Å². The molecule has 27 heavy (non-hydrogen) atoms. The lowest BCUT2D eigenvalue weighted by atomic mass is 9.96. The fourth-order valence-corrected chi connectivity index (χ4v) is 3.75. The van der Waals surface area contributed by atoms with Crippen molar-refractivity contribution in [2.75, 3.05) is 26.2 Å². The molecule has 6 heteroatoms. The molecule has 2 aromatic carbocycles. The number of carbonyl (C=O) groups is 2. The van der Waals surface area contributed by atoms with E-state index in [0.717, 1.165) is 16.4 Å². The summed E-state index contributed by atoms with van der Waals surface area (Å²) in [6.07, 6.45) is 1.78. The second-order valence-corrected chi connectivity index (χ2v) is 7.78. The van der Waals surface area contributed by atoms with Crippen molar-refractivity contribution in [2.24, 2.45) is 5.92 Å². The summed E-state index contributed by atoms with van der Waals surface area (Å²) in [7, 11) is 0. The molecule has 0 aromatic heterocycles. The van der Waals surface area contributed by atoms with Crippen molar-refractivity contribution in [3.05, 3.63) is 63.7 Å². The molecule has 0 spiro atoms. The molecule has 142 valence electrons. The molecular formula is C21H23IN2O3. The van der Waals surface area contributed by atoms with Gasteiger partial charge in [-0.3, -0.25) is 9.59 Å². The average molecular weight is 478 g/mol. The number of para-hydroxylation sites is 1. The van der Waals surface area contributed by atoms with Gasteiger partial charge >= 0.3 is 0 Å². The Kier molecular flexibility index (Phi) is 7.09. The highest BCUT2D eigenvalue weighted by atomic mass is 127. The van der Waals surface area contributed by atoms with Gasteiger partial charge in [0.1, 0.15) is 5.75 Å². The van der Waals surface area contributed by atoms with Crippen molar-refractivity contribution < 1.29 is 14.3 Å². The van der Waals surface area contributed by atoms with Gasteiger partial charge < -0.3 is 15.0 Å². The predicted octanol–water partition coefficient (Wildman–Crippen LogP) is 3.34. The van der Waals surface area contributed by atoms with Crippen LogP contribution in [-0.2, 0) is 4.79 Å². The van der Waals surface area contributed by atoms with E-state index < -0.39 is 0 Å². The van der Waals surface area contributed by atoms with Crippen molar-refractivity contribution in [3.8, 4) is 5.75 Å². The average Bonchev–Trinajstić information content (AvgIpc) is 2.72. The molecule has 2 amide bonds. The molecule has 1 aliphatic rings. The van der Waals surface area contributed by atoms with E-state index in [2.05, 4.69) is 27.9 Å². The maximum atomic E-state index is 12.3. The monoisotopic (exact) mass is 478 g/mol. The molecule has 3 rings (SSSR count). The van der Waals surface area contributed by atoms with Gasteiger partial charge in [-0.2, -0.15) is 0 Å². The van der Waals surface area contributed by atoms with E-state index in [0.29, 0.717) is 36.9 Å². The Morgan fingerprint density at radius 2 is 1.70 bits per heavy atom. The molecule has 5 nitrogen and oxygen atoms in total. The van der Waals surface area contributed by atoms with Crippen LogP contribution in [0.2, 0.25) is 0 Å². The van der Waals surface area contributed by atoms with E-state index in [4.69, 9.17) is 4.74 Å². The first-order chi connectivity index (χ1) is 13.1. The van der Waals surface area contributed by atoms with E-state index in [1.54, 1.807) is 0 Å². The van der Waals surface area contributed by atoms with Crippen LogP contribution in [0, 0.1) is 9.49 Å². The van der Waals surface area contributed by atoms with Crippen LogP contribution in [0.4, 0.5) is 0 Å². The molecule has 0 atom stereocenters. The standard InChI is InChI=1S/C21H23IN2O3/c22-19-9-5-4-8-18(19)21(26)23-14-16-10-12-24(13-11-16)20(25)15-27-17-6-2-1-3-7-17/h1-9,16H,10-15H2,(H,23,26). The number of amides is 2. The molecule has 1 aliphatic heterocycles. The maximum Gasteiger partial charge on any atom is 0.260 e. The van der Waals surface area contributed by atoms with Crippen LogP contribution < -0.4 is 10.1 Å². The number of benzene rings is 2. The van der Waals surface area contributed by atoms with E-state index >= 15 is 0 Å². The molecule has 0 unspecified atom stereocenters. The largest absolute Gasteiger partial charge is 0.484 e. The minimum Gasteiger partial charge on any atom is -0.484 e. The second kappa shape index (κ2) is 9.73. The lowest BCUT2D eigenvalue weighted by molar-refractivity contribution is -0.134.